The first-order chi connectivity index (χ1) is 16.3. The average Bonchev–Trinajstić information content (AvgIpc) is 2.81. The quantitative estimate of drug-likeness (QED) is 0.308. The van der Waals surface area contributed by atoms with Gasteiger partial charge in [-0.1, -0.05) is 42.5 Å². The van der Waals surface area contributed by atoms with Crippen LogP contribution in [0.4, 0.5) is 5.69 Å². The van der Waals surface area contributed by atoms with Crippen LogP contribution in [0.25, 0.3) is 0 Å². The Labute approximate surface area is 200 Å². The van der Waals surface area contributed by atoms with Crippen LogP contribution in [0, 0.1) is 17.9 Å². The number of sulfonamides is 1. The molecule has 1 aliphatic rings. The van der Waals surface area contributed by atoms with Crippen molar-refractivity contribution in [3.05, 3.63) is 95.6 Å². The van der Waals surface area contributed by atoms with Crippen molar-refractivity contribution in [1.29, 1.82) is 0 Å². The lowest BCUT2D eigenvalue weighted by Gasteiger charge is -2.47. The van der Waals surface area contributed by atoms with E-state index in [1.54, 1.807) is 29.2 Å². The molecule has 1 amide bonds. The molecule has 0 aromatic heterocycles. The summed E-state index contributed by atoms with van der Waals surface area (Å²) in [6, 6.07) is 26.7. The smallest absolute Gasteiger partial charge is 0.236 e. The maximum absolute atomic E-state index is 13.2. The number of aromatic hydroxyl groups is 1. The van der Waals surface area contributed by atoms with Crippen LogP contribution in [0.5, 0.6) is 5.75 Å². The third kappa shape index (κ3) is 5.59. The van der Waals surface area contributed by atoms with Gasteiger partial charge in [0.1, 0.15) is 5.75 Å². The number of β-lactam (4-membered cyclic amide) rings is 1. The van der Waals surface area contributed by atoms with Gasteiger partial charge in [0, 0.05) is 17.3 Å². The van der Waals surface area contributed by atoms with Crippen molar-refractivity contribution >= 4 is 21.6 Å². The first-order valence-corrected chi connectivity index (χ1v) is 12.9. The van der Waals surface area contributed by atoms with E-state index in [9.17, 15) is 18.3 Å². The largest absolute Gasteiger partial charge is 0.508 e. The average molecular weight is 475 g/mol. The monoisotopic (exact) mass is 474 g/mol. The number of anilines is 1. The summed E-state index contributed by atoms with van der Waals surface area (Å²) in [6.07, 6.45) is 3.64. The summed E-state index contributed by atoms with van der Waals surface area (Å²) in [5.74, 6) is 2.87. The molecule has 0 aliphatic carbocycles. The van der Waals surface area contributed by atoms with Gasteiger partial charge < -0.3 is 10.0 Å². The predicted molar refractivity (Wildman–Crippen MR) is 133 cm³/mol. The number of rotatable bonds is 7. The van der Waals surface area contributed by atoms with E-state index >= 15 is 0 Å². The zero-order valence-electron chi connectivity index (χ0n) is 18.8. The number of phenolic OH excluding ortho intramolecular Hbond substituents is 1. The summed E-state index contributed by atoms with van der Waals surface area (Å²) in [6.45, 7) is 0. The van der Waals surface area contributed by atoms with Crippen molar-refractivity contribution in [3.8, 4) is 17.7 Å². The van der Waals surface area contributed by atoms with E-state index in [2.05, 4.69) is 28.8 Å². The summed E-state index contributed by atoms with van der Waals surface area (Å²) < 4.78 is 24.4. The summed E-state index contributed by atoms with van der Waals surface area (Å²) in [4.78, 5) is 15.0. The molecule has 34 heavy (non-hydrogen) atoms. The van der Waals surface area contributed by atoms with Crippen molar-refractivity contribution in [1.82, 2.24) is 4.72 Å². The molecule has 3 aromatic carbocycles. The third-order valence-electron chi connectivity index (χ3n) is 5.86. The van der Waals surface area contributed by atoms with Crippen LogP contribution in [0.3, 0.4) is 0 Å². The van der Waals surface area contributed by atoms with Gasteiger partial charge in [-0.25, -0.2) is 13.1 Å². The molecule has 0 spiro atoms. The Morgan fingerprint density at radius 3 is 2.29 bits per heavy atom. The minimum Gasteiger partial charge on any atom is -0.508 e. The lowest BCUT2D eigenvalue weighted by Crippen LogP contribution is -2.55. The Morgan fingerprint density at radius 2 is 1.65 bits per heavy atom. The Bertz CT molecular complexity index is 1310. The highest BCUT2D eigenvalue weighted by molar-refractivity contribution is 7.88. The van der Waals surface area contributed by atoms with Crippen LogP contribution in [0.1, 0.15) is 35.6 Å². The van der Waals surface area contributed by atoms with Crippen molar-refractivity contribution in [2.75, 3.05) is 11.2 Å². The lowest BCUT2D eigenvalue weighted by atomic mass is 9.78. The number of aryl methyl sites for hydroxylation is 1. The van der Waals surface area contributed by atoms with E-state index in [-0.39, 0.29) is 23.6 Å². The summed E-state index contributed by atoms with van der Waals surface area (Å²) >= 11 is 0. The van der Waals surface area contributed by atoms with Gasteiger partial charge in [0.2, 0.25) is 15.9 Å². The van der Waals surface area contributed by atoms with Gasteiger partial charge in [-0.2, -0.15) is 0 Å². The lowest BCUT2D eigenvalue weighted by molar-refractivity contribution is -0.130. The van der Waals surface area contributed by atoms with Crippen LogP contribution in [-0.4, -0.2) is 25.7 Å². The molecule has 174 valence electrons. The number of nitrogens with zero attached hydrogens (tertiary/aromatic N) is 1. The van der Waals surface area contributed by atoms with E-state index in [1.807, 2.05) is 42.5 Å². The van der Waals surface area contributed by atoms with E-state index in [1.165, 1.54) is 5.56 Å². The van der Waals surface area contributed by atoms with Crippen LogP contribution < -0.4 is 9.62 Å². The number of hydrogen-bond acceptors (Lipinski definition) is 4. The van der Waals surface area contributed by atoms with Crippen molar-refractivity contribution in [2.45, 2.75) is 25.3 Å². The molecule has 0 bridgehead atoms. The molecule has 2 atom stereocenters. The highest BCUT2D eigenvalue weighted by Gasteiger charge is 2.48. The number of nitrogens with one attached hydrogen (secondary N) is 1. The molecule has 4 rings (SSSR count). The van der Waals surface area contributed by atoms with Gasteiger partial charge in [-0.3, -0.25) is 4.79 Å². The minimum atomic E-state index is -3.39. The molecule has 3 aromatic rings. The van der Waals surface area contributed by atoms with Crippen LogP contribution in [0.2, 0.25) is 0 Å². The zero-order valence-corrected chi connectivity index (χ0v) is 19.6. The molecule has 0 unspecified atom stereocenters. The van der Waals surface area contributed by atoms with Crippen LogP contribution >= 0.6 is 0 Å². The molecular formula is C27H26N2O4S. The number of carbonyl (C=O) groups excluding carboxylic acids is 1. The number of carbonyl (C=O) groups is 1. The molecule has 1 fully saturated rings. The predicted octanol–water partition coefficient (Wildman–Crippen LogP) is 3.98. The fourth-order valence-electron chi connectivity index (χ4n) is 4.24. The topological polar surface area (TPSA) is 86.7 Å². The van der Waals surface area contributed by atoms with Crippen molar-refractivity contribution in [2.24, 2.45) is 5.92 Å². The Kier molecular flexibility index (Phi) is 6.90. The van der Waals surface area contributed by atoms with Gasteiger partial charge in [0.25, 0.3) is 0 Å². The molecule has 0 radical (unpaired) electrons. The number of amides is 1. The molecule has 1 aliphatic heterocycles. The SMILES string of the molecule is CS(=O)(=O)NC#Cc1ccc(N2C(=O)[C@H](CCCc3ccccc3)[C@H]2c2ccc(O)cc2)cc1. The maximum atomic E-state index is 13.2. The molecule has 7 heteroatoms. The van der Waals surface area contributed by atoms with Crippen LogP contribution in [-0.2, 0) is 21.2 Å². The van der Waals surface area contributed by atoms with E-state index in [4.69, 9.17) is 0 Å². The third-order valence-corrected chi connectivity index (χ3v) is 6.33. The van der Waals surface area contributed by atoms with Gasteiger partial charge in [0.15, 0.2) is 0 Å². The molecule has 1 saturated heterocycles. The van der Waals surface area contributed by atoms with Gasteiger partial charge >= 0.3 is 0 Å². The molecule has 1 heterocycles. The molecular weight excluding hydrogens is 448 g/mol. The Morgan fingerprint density at radius 1 is 0.971 bits per heavy atom. The maximum Gasteiger partial charge on any atom is 0.236 e. The normalized spacial score (nSPS) is 17.4. The second-order valence-electron chi connectivity index (χ2n) is 8.40. The van der Waals surface area contributed by atoms with E-state index in [0.717, 1.165) is 36.8 Å². The van der Waals surface area contributed by atoms with Gasteiger partial charge in [-0.05, 0) is 72.7 Å². The van der Waals surface area contributed by atoms with E-state index in [0.29, 0.717) is 5.56 Å². The van der Waals surface area contributed by atoms with Crippen LogP contribution in [0.15, 0.2) is 78.9 Å². The highest BCUT2D eigenvalue weighted by atomic mass is 32.2. The number of benzene rings is 3. The molecule has 6 nitrogen and oxygen atoms in total. The zero-order chi connectivity index (χ0) is 24.1. The first-order valence-electron chi connectivity index (χ1n) is 11.1. The Hall–Kier alpha value is -3.76. The van der Waals surface area contributed by atoms with Gasteiger partial charge in [0.05, 0.1) is 18.2 Å². The second-order valence-corrected chi connectivity index (χ2v) is 10.1. The Balaban J connectivity index is 1.51. The first kappa shape index (κ1) is 23.4. The highest BCUT2D eigenvalue weighted by Crippen LogP contribution is 2.45. The molecule has 2 N–H and O–H groups in total. The summed E-state index contributed by atoms with van der Waals surface area (Å²) in [7, 11) is -3.39. The van der Waals surface area contributed by atoms with Gasteiger partial charge in [-0.15, -0.1) is 0 Å². The number of phenols is 1. The standard InChI is InChI=1S/C27H26N2O4S/c1-34(32,33)28-19-18-21-10-14-23(15-11-21)29-26(22-12-16-24(30)17-13-22)25(27(29)31)9-5-8-20-6-3-2-4-7-20/h2-4,6-7,10-17,25-26,28,30H,5,8-9H2,1H3/t25-,26-/m1/s1. The minimum absolute atomic E-state index is 0.0729. The van der Waals surface area contributed by atoms with Crippen molar-refractivity contribution < 1.29 is 18.3 Å². The molecule has 0 saturated carbocycles. The summed E-state index contributed by atoms with van der Waals surface area (Å²) in [5, 5.41) is 9.71. The fraction of sp³-hybridized carbons (Fsp3) is 0.222. The summed E-state index contributed by atoms with van der Waals surface area (Å²) in [5.41, 5.74) is 3.62. The number of hydrogen-bond donors (Lipinski definition) is 2. The second kappa shape index (κ2) is 10.0. The van der Waals surface area contributed by atoms with Crippen molar-refractivity contribution in [3.63, 3.8) is 0 Å². The fourth-order valence-corrected chi connectivity index (χ4v) is 4.47. The van der Waals surface area contributed by atoms with E-state index < -0.39 is 10.0 Å².